The van der Waals surface area contributed by atoms with E-state index in [9.17, 15) is 14.7 Å². The molecule has 2 aromatic rings. The highest BCUT2D eigenvalue weighted by Gasteiger charge is 2.34. The monoisotopic (exact) mass is 425 g/mol. The van der Waals surface area contributed by atoms with Crippen molar-refractivity contribution in [1.82, 2.24) is 14.9 Å². The largest absolute Gasteiger partial charge is 0.501 e. The number of rotatable bonds is 5. The van der Waals surface area contributed by atoms with Crippen LogP contribution >= 0.6 is 23.2 Å². The van der Waals surface area contributed by atoms with E-state index in [0.717, 1.165) is 5.56 Å². The minimum atomic E-state index is -0.825. The molecule has 7 nitrogen and oxygen atoms in total. The molecule has 0 saturated carbocycles. The first-order chi connectivity index (χ1) is 13.2. The van der Waals surface area contributed by atoms with Gasteiger partial charge in [0.15, 0.2) is 5.69 Å². The molecule has 2 heterocycles. The van der Waals surface area contributed by atoms with Crippen LogP contribution < -0.4 is 10.9 Å². The number of aromatic hydroxyl groups is 1. The maximum atomic E-state index is 12.5. The van der Waals surface area contributed by atoms with Crippen molar-refractivity contribution >= 4 is 29.1 Å². The number of carbonyl (C=O) groups excluding carboxylic acids is 1. The predicted octanol–water partition coefficient (Wildman–Crippen LogP) is 2.88. The Labute approximate surface area is 172 Å². The number of fused-ring (bicyclic) bond motifs is 1. The van der Waals surface area contributed by atoms with Crippen LogP contribution in [0, 0.1) is 0 Å². The van der Waals surface area contributed by atoms with E-state index in [-0.39, 0.29) is 12.2 Å². The summed E-state index contributed by atoms with van der Waals surface area (Å²) in [5, 5.41) is 13.8. The second-order valence-corrected chi connectivity index (χ2v) is 7.87. The molecule has 0 atom stereocenters. The van der Waals surface area contributed by atoms with Crippen LogP contribution in [0.2, 0.25) is 10.0 Å². The predicted molar refractivity (Wildman–Crippen MR) is 106 cm³/mol. The third-order valence-electron chi connectivity index (χ3n) is 4.59. The van der Waals surface area contributed by atoms with E-state index in [1.54, 1.807) is 26.0 Å². The van der Waals surface area contributed by atoms with E-state index in [4.69, 9.17) is 27.9 Å². The minimum Gasteiger partial charge on any atom is -0.501 e. The molecule has 0 radical (unpaired) electrons. The van der Waals surface area contributed by atoms with Crippen molar-refractivity contribution < 1.29 is 14.6 Å². The lowest BCUT2D eigenvalue weighted by Gasteiger charge is -2.32. The van der Waals surface area contributed by atoms with Crippen molar-refractivity contribution in [3.8, 4) is 5.75 Å². The summed E-state index contributed by atoms with van der Waals surface area (Å²) < 4.78 is 6.98. The van der Waals surface area contributed by atoms with Gasteiger partial charge in [-0.05, 0) is 44.4 Å². The molecular formula is C19H21Cl2N3O4. The molecular weight excluding hydrogens is 405 g/mol. The second-order valence-electron chi connectivity index (χ2n) is 7.06. The van der Waals surface area contributed by atoms with Crippen molar-refractivity contribution in [3.05, 3.63) is 55.7 Å². The van der Waals surface area contributed by atoms with Crippen molar-refractivity contribution in [2.75, 3.05) is 13.2 Å². The Morgan fingerprint density at radius 3 is 2.82 bits per heavy atom. The fraction of sp³-hybridized carbons (Fsp3) is 0.421. The van der Waals surface area contributed by atoms with E-state index in [0.29, 0.717) is 41.9 Å². The molecule has 3 rings (SSSR count). The van der Waals surface area contributed by atoms with Gasteiger partial charge in [-0.15, -0.1) is 0 Å². The molecule has 0 unspecified atom stereocenters. The van der Waals surface area contributed by atoms with Crippen molar-refractivity contribution in [3.63, 3.8) is 0 Å². The number of nitrogens with zero attached hydrogens (tertiary/aromatic N) is 2. The number of hydrogen-bond acceptors (Lipinski definition) is 5. The average Bonchev–Trinajstić information content (AvgIpc) is 2.64. The van der Waals surface area contributed by atoms with Crippen LogP contribution in [0.25, 0.3) is 0 Å². The zero-order valence-corrected chi connectivity index (χ0v) is 17.1. The number of aromatic nitrogens is 2. The lowest BCUT2D eigenvalue weighted by atomic mass is 10.1. The van der Waals surface area contributed by atoms with Crippen LogP contribution in [0.5, 0.6) is 5.75 Å². The molecule has 1 aromatic carbocycles. The third kappa shape index (κ3) is 4.16. The first-order valence-electron chi connectivity index (χ1n) is 8.91. The van der Waals surface area contributed by atoms with Gasteiger partial charge in [-0.2, -0.15) is 0 Å². The quantitative estimate of drug-likeness (QED) is 0.718. The fourth-order valence-corrected chi connectivity index (χ4v) is 3.42. The molecule has 1 aromatic heterocycles. The zero-order chi connectivity index (χ0) is 20.5. The standard InChI is InChI=1S/C19H21Cl2N3O4/c1-19(2)18-23-14(15(25)17(27)24(18)8-9-28-19)16(26)22-7-3-4-11-5-6-12(20)13(21)10-11/h5-6,10,25H,3-4,7-9H2,1-2H3,(H,22,26). The van der Waals surface area contributed by atoms with Crippen LogP contribution in [-0.4, -0.2) is 33.7 Å². The zero-order valence-electron chi connectivity index (χ0n) is 15.6. The Bertz CT molecular complexity index is 972. The molecule has 0 spiro atoms. The number of amides is 1. The minimum absolute atomic E-state index is 0.281. The van der Waals surface area contributed by atoms with Gasteiger partial charge in [0.05, 0.1) is 23.2 Å². The van der Waals surface area contributed by atoms with Gasteiger partial charge in [-0.25, -0.2) is 4.98 Å². The Kier molecular flexibility index (Phi) is 5.98. The van der Waals surface area contributed by atoms with Gasteiger partial charge >= 0.3 is 0 Å². The fourth-order valence-electron chi connectivity index (χ4n) is 3.10. The van der Waals surface area contributed by atoms with E-state index in [1.165, 1.54) is 4.57 Å². The molecule has 1 aliphatic rings. The summed E-state index contributed by atoms with van der Waals surface area (Å²) in [6.07, 6.45) is 1.33. The van der Waals surface area contributed by atoms with E-state index >= 15 is 0 Å². The highest BCUT2D eigenvalue weighted by Crippen LogP contribution is 2.27. The van der Waals surface area contributed by atoms with Crippen LogP contribution in [0.3, 0.4) is 0 Å². The number of nitrogens with one attached hydrogen (secondary N) is 1. The van der Waals surface area contributed by atoms with Gasteiger partial charge in [-0.1, -0.05) is 29.3 Å². The molecule has 1 amide bonds. The van der Waals surface area contributed by atoms with Crippen LogP contribution in [-0.2, 0) is 23.3 Å². The van der Waals surface area contributed by atoms with E-state index in [1.807, 2.05) is 6.07 Å². The first-order valence-corrected chi connectivity index (χ1v) is 9.66. The summed E-state index contributed by atoms with van der Waals surface area (Å²) in [4.78, 5) is 29.1. The summed E-state index contributed by atoms with van der Waals surface area (Å²) in [7, 11) is 0. The van der Waals surface area contributed by atoms with Crippen LogP contribution in [0.1, 0.15) is 42.1 Å². The van der Waals surface area contributed by atoms with Gasteiger partial charge in [0, 0.05) is 6.54 Å². The summed E-state index contributed by atoms with van der Waals surface area (Å²) in [6, 6.07) is 5.38. The maximum absolute atomic E-state index is 12.5. The lowest BCUT2D eigenvalue weighted by Crippen LogP contribution is -2.42. The van der Waals surface area contributed by atoms with Gasteiger partial charge < -0.3 is 15.2 Å². The molecule has 150 valence electrons. The van der Waals surface area contributed by atoms with Gasteiger partial charge in [0.25, 0.3) is 11.5 Å². The van der Waals surface area contributed by atoms with Gasteiger partial charge in [0.1, 0.15) is 11.4 Å². The topological polar surface area (TPSA) is 93.5 Å². The Hall–Kier alpha value is -2.09. The first kappa shape index (κ1) is 20.6. The molecule has 1 aliphatic heterocycles. The summed E-state index contributed by atoms with van der Waals surface area (Å²) >= 11 is 11.9. The second kappa shape index (κ2) is 8.11. The summed E-state index contributed by atoms with van der Waals surface area (Å²) in [5.74, 6) is -0.931. The van der Waals surface area contributed by atoms with E-state index in [2.05, 4.69) is 10.3 Å². The van der Waals surface area contributed by atoms with Gasteiger partial charge in [0.2, 0.25) is 5.75 Å². The highest BCUT2D eigenvalue weighted by atomic mass is 35.5. The normalized spacial score (nSPS) is 15.1. The third-order valence-corrected chi connectivity index (χ3v) is 5.33. The number of halogens is 2. The number of benzene rings is 1. The molecule has 0 bridgehead atoms. The molecule has 9 heteroatoms. The van der Waals surface area contributed by atoms with Crippen molar-refractivity contribution in [2.24, 2.45) is 0 Å². The van der Waals surface area contributed by atoms with Crippen LogP contribution in [0.15, 0.2) is 23.0 Å². The number of carbonyl (C=O) groups is 1. The number of ether oxygens (including phenoxy) is 1. The summed E-state index contributed by atoms with van der Waals surface area (Å²) in [6.45, 7) is 4.49. The molecule has 28 heavy (non-hydrogen) atoms. The van der Waals surface area contributed by atoms with Crippen molar-refractivity contribution in [2.45, 2.75) is 38.8 Å². The number of hydrogen-bond donors (Lipinski definition) is 2. The Morgan fingerprint density at radius 1 is 1.36 bits per heavy atom. The Morgan fingerprint density at radius 2 is 2.11 bits per heavy atom. The Balaban J connectivity index is 1.68. The molecule has 2 N–H and O–H groups in total. The average molecular weight is 426 g/mol. The molecule has 0 aliphatic carbocycles. The van der Waals surface area contributed by atoms with Crippen molar-refractivity contribution in [1.29, 1.82) is 0 Å². The van der Waals surface area contributed by atoms with E-state index < -0.39 is 22.8 Å². The molecule has 0 saturated heterocycles. The SMILES string of the molecule is CC1(C)OCCn2c1nc(C(=O)NCCCc1ccc(Cl)c(Cl)c1)c(O)c2=O. The lowest BCUT2D eigenvalue weighted by molar-refractivity contribution is -0.0566. The number of aryl methyl sites for hydroxylation is 1. The maximum Gasteiger partial charge on any atom is 0.296 e. The van der Waals surface area contributed by atoms with Crippen LogP contribution in [0.4, 0.5) is 0 Å². The van der Waals surface area contributed by atoms with Gasteiger partial charge in [-0.3, -0.25) is 14.2 Å². The molecule has 0 fully saturated rings. The smallest absolute Gasteiger partial charge is 0.296 e. The highest BCUT2D eigenvalue weighted by molar-refractivity contribution is 6.42. The summed E-state index contributed by atoms with van der Waals surface area (Å²) in [5.41, 5.74) is -0.754.